The summed E-state index contributed by atoms with van der Waals surface area (Å²) in [6, 6.07) is 0. The summed E-state index contributed by atoms with van der Waals surface area (Å²) in [5.41, 5.74) is 0. The maximum atomic E-state index is 10.5. The van der Waals surface area contributed by atoms with E-state index in [-0.39, 0.29) is 46.9 Å². The van der Waals surface area contributed by atoms with Gasteiger partial charge in [-0.3, -0.25) is 8.42 Å². The van der Waals surface area contributed by atoms with Gasteiger partial charge in [0.1, 0.15) is 12.2 Å². The molecule has 2 rings (SSSR count). The second-order valence-electron chi connectivity index (χ2n) is 5.50. The monoisotopic (exact) mass is 594 g/mol. The topological polar surface area (TPSA) is 378 Å². The standard InChI is InChI=1S/2C6H8O6.Al.Na.H3O4P.H2O4S/c2*7-1-2(8)5-3(9)4(10)6(11)12-5;;;2*1-5(2,3)4/h2*2,5,7-10H,1H2;;;(H3,1,2,3,4);(H2,1,2,3,4)/q;;+3;+1;;/p-4/t2*2-,5+;;;;/m00..../s1. The van der Waals surface area contributed by atoms with E-state index in [9.17, 15) is 9.59 Å². The number of rotatable bonds is 4. The Bertz CT molecular complexity index is 863. The molecule has 2 aliphatic heterocycles. The first-order valence-electron chi connectivity index (χ1n) is 7.81. The molecule has 4 atom stereocenters. The molecule has 24 heteroatoms. The quantitative estimate of drug-likeness (QED) is 0.0479. The van der Waals surface area contributed by atoms with E-state index in [1.54, 1.807) is 0 Å². The van der Waals surface area contributed by atoms with Crippen LogP contribution in [0.15, 0.2) is 23.0 Å². The molecule has 0 bridgehead atoms. The molecule has 0 saturated heterocycles. The van der Waals surface area contributed by atoms with Crippen molar-refractivity contribution >= 4 is 47.5 Å². The van der Waals surface area contributed by atoms with Crippen molar-refractivity contribution in [3.8, 4) is 0 Å². The van der Waals surface area contributed by atoms with Gasteiger partial charge in [-0.05, 0) is 0 Å². The largest absolute Gasteiger partial charge is 3.00 e. The molecular formula is C12H17AlNaO20PS. The first kappa shape index (κ1) is 42.1. The zero-order valence-electron chi connectivity index (χ0n) is 17.7. The van der Waals surface area contributed by atoms with Crippen LogP contribution in [0.1, 0.15) is 0 Å². The molecule has 0 aromatic carbocycles. The van der Waals surface area contributed by atoms with Crippen LogP contribution in [-0.2, 0) is 34.0 Å². The smallest absolute Gasteiger partial charge is 0.790 e. The summed E-state index contributed by atoms with van der Waals surface area (Å²) in [5, 5.41) is 70.1. The number of cyclic esters (lactones) is 2. The van der Waals surface area contributed by atoms with Crippen LogP contribution in [0.4, 0.5) is 0 Å². The Morgan fingerprint density at radius 3 is 1.14 bits per heavy atom. The molecule has 0 aromatic rings. The number of esters is 2. The van der Waals surface area contributed by atoms with E-state index >= 15 is 0 Å². The van der Waals surface area contributed by atoms with Gasteiger partial charge in [-0.1, -0.05) is 0 Å². The van der Waals surface area contributed by atoms with Crippen LogP contribution >= 0.6 is 7.82 Å². The molecule has 0 saturated carbocycles. The third kappa shape index (κ3) is 18.3. The minimum Gasteiger partial charge on any atom is -0.790 e. The van der Waals surface area contributed by atoms with Crippen molar-refractivity contribution in [3.63, 3.8) is 0 Å². The minimum absolute atomic E-state index is 0. The number of aliphatic hydroxyl groups excluding tert-OH is 8. The summed E-state index contributed by atoms with van der Waals surface area (Å²) < 4.78 is 51.4. The van der Waals surface area contributed by atoms with Crippen molar-refractivity contribution < 1.29 is 126 Å². The van der Waals surface area contributed by atoms with Crippen LogP contribution in [0, 0.1) is 0 Å². The van der Waals surface area contributed by atoms with Crippen LogP contribution in [0.3, 0.4) is 0 Å². The van der Waals surface area contributed by atoms with Gasteiger partial charge in [0.15, 0.2) is 23.7 Å². The van der Waals surface area contributed by atoms with Crippen molar-refractivity contribution in [3.05, 3.63) is 23.0 Å². The van der Waals surface area contributed by atoms with Crippen LogP contribution in [-0.4, -0.2) is 130 Å². The normalized spacial score (nSPS) is 20.5. The summed E-state index contributed by atoms with van der Waals surface area (Å²) in [7, 11) is -10.3. The van der Waals surface area contributed by atoms with Crippen molar-refractivity contribution in [2.45, 2.75) is 24.4 Å². The minimum atomic E-state index is -5.17. The Labute approximate surface area is 233 Å². The Kier molecular flexibility index (Phi) is 21.3. The molecule has 2 aliphatic rings. The van der Waals surface area contributed by atoms with Crippen molar-refractivity contribution in [2.75, 3.05) is 13.2 Å². The number of hydrogen-bond acceptors (Lipinski definition) is 19. The van der Waals surface area contributed by atoms with Gasteiger partial charge < -0.3 is 78.7 Å². The molecule has 0 amide bonds. The van der Waals surface area contributed by atoms with Crippen LogP contribution < -0.4 is 39.3 Å². The van der Waals surface area contributed by atoms with Gasteiger partial charge in [-0.25, -0.2) is 9.59 Å². The fraction of sp³-hybridized carbons (Fsp3) is 0.500. The molecule has 0 fully saturated rings. The maximum absolute atomic E-state index is 10.5. The van der Waals surface area contributed by atoms with E-state index in [0.29, 0.717) is 0 Å². The molecule has 0 unspecified atom stereocenters. The van der Waals surface area contributed by atoms with Gasteiger partial charge in [0, 0.05) is 10.4 Å². The van der Waals surface area contributed by atoms with E-state index in [4.69, 9.17) is 77.6 Å². The van der Waals surface area contributed by atoms with Crippen LogP contribution in [0.25, 0.3) is 0 Å². The van der Waals surface area contributed by atoms with E-state index in [0.717, 1.165) is 0 Å². The third-order valence-corrected chi connectivity index (χ3v) is 2.95. The van der Waals surface area contributed by atoms with Crippen LogP contribution in [0.2, 0.25) is 0 Å². The summed E-state index contributed by atoms with van der Waals surface area (Å²) in [5.74, 6) is -5.56. The van der Waals surface area contributed by atoms with Gasteiger partial charge in [0.25, 0.3) is 0 Å². The summed E-state index contributed by atoms with van der Waals surface area (Å²) >= 11 is 0. The number of ether oxygens (including phenoxy) is 2. The second-order valence-corrected chi connectivity index (χ2v) is 7.25. The average Bonchev–Trinajstić information content (AvgIpc) is 3.09. The molecule has 0 spiro atoms. The fourth-order valence-electron chi connectivity index (χ4n) is 1.65. The summed E-state index contributed by atoms with van der Waals surface area (Å²) in [6.45, 7) is -1.34. The van der Waals surface area contributed by atoms with E-state index < -0.39 is 90.8 Å². The third-order valence-electron chi connectivity index (χ3n) is 2.95. The summed E-state index contributed by atoms with van der Waals surface area (Å²) in [6.07, 6.45) is -5.55. The van der Waals surface area contributed by atoms with Crippen LogP contribution in [0.5, 0.6) is 0 Å². The maximum Gasteiger partial charge on any atom is 3.00 e. The van der Waals surface area contributed by atoms with Gasteiger partial charge in [-0.2, -0.15) is 0 Å². The molecule has 0 aliphatic carbocycles. The van der Waals surface area contributed by atoms with Gasteiger partial charge in [0.2, 0.25) is 11.5 Å². The molecule has 0 aromatic heterocycles. The molecule has 9 N–H and O–H groups in total. The van der Waals surface area contributed by atoms with Crippen molar-refractivity contribution in [1.29, 1.82) is 0 Å². The zero-order valence-corrected chi connectivity index (χ0v) is 22.5. The van der Waals surface area contributed by atoms with Gasteiger partial charge in [-0.15, -0.1) is 0 Å². The number of carbonyl (C=O) groups excluding carboxylic acids is 2. The van der Waals surface area contributed by atoms with Gasteiger partial charge >= 0.3 is 58.9 Å². The molecular weight excluding hydrogens is 577 g/mol. The number of hydrogen-bond donors (Lipinski definition) is 9. The number of phosphoric acid groups is 1. The molecule has 2 heterocycles. The Morgan fingerprint density at radius 1 is 0.833 bits per heavy atom. The molecule has 20 nitrogen and oxygen atoms in total. The van der Waals surface area contributed by atoms with Gasteiger partial charge in [0.05, 0.1) is 21.0 Å². The van der Waals surface area contributed by atoms with E-state index in [1.807, 2.05) is 0 Å². The van der Waals surface area contributed by atoms with Crippen molar-refractivity contribution in [1.82, 2.24) is 0 Å². The average molecular weight is 594 g/mol. The molecule has 0 radical (unpaired) electrons. The van der Waals surface area contributed by atoms with E-state index in [1.165, 1.54) is 0 Å². The fourth-order valence-corrected chi connectivity index (χ4v) is 1.65. The SMILES string of the molecule is O=C1O[C@H]([C@@H](O)CO)C(O)=C1O.O=C1O[C@H]([C@@H](O)CO)C(O)=C1O.O=P([O-])([O-])O.O=S(=O)([O-])[O-].[Al+3].[Na+]. The van der Waals surface area contributed by atoms with Crippen molar-refractivity contribution in [2.24, 2.45) is 0 Å². The first-order chi connectivity index (χ1) is 15.1. The number of carbonyl (C=O) groups is 2. The molecule has 200 valence electrons. The Morgan fingerprint density at radius 2 is 1.03 bits per heavy atom. The molecule has 36 heavy (non-hydrogen) atoms. The Balaban J connectivity index is -0.000000201. The predicted molar refractivity (Wildman–Crippen MR) is 96.6 cm³/mol. The van der Waals surface area contributed by atoms with E-state index in [2.05, 4.69) is 9.47 Å². The predicted octanol–water partition coefficient (Wildman–Crippen LogP) is -9.72. The first-order valence-corrected chi connectivity index (χ1v) is 10.6. The Hall–Kier alpha value is -1.03. The zero-order chi connectivity index (χ0) is 27.6. The summed E-state index contributed by atoms with van der Waals surface area (Å²) in [4.78, 5) is 45.3. The second kappa shape index (κ2) is 18.3. The number of aliphatic hydroxyl groups is 8.